The summed E-state index contributed by atoms with van der Waals surface area (Å²) in [5.41, 5.74) is 5.45. The van der Waals surface area contributed by atoms with E-state index in [0.29, 0.717) is 18.7 Å². The van der Waals surface area contributed by atoms with E-state index < -0.39 is 17.8 Å². The molecule has 1 rings (SSSR count). The minimum absolute atomic E-state index is 0.0554. The SMILES string of the molecule is COCC(N)C(=O)N(CCN(C)C)Cc1cccc(C(F)(F)F)c1. The maximum absolute atomic E-state index is 12.8. The van der Waals surface area contributed by atoms with Gasteiger partial charge >= 0.3 is 6.18 Å². The fourth-order valence-corrected chi connectivity index (χ4v) is 2.14. The van der Waals surface area contributed by atoms with E-state index in [9.17, 15) is 18.0 Å². The standard InChI is InChI=1S/C16H24F3N3O2/c1-21(2)7-8-22(15(23)14(20)11-24-3)10-12-5-4-6-13(9-12)16(17,18)19/h4-6,9,14H,7-8,10-11,20H2,1-3H3. The van der Waals surface area contributed by atoms with Gasteiger partial charge in [-0.2, -0.15) is 13.2 Å². The van der Waals surface area contributed by atoms with Crippen molar-refractivity contribution in [3.8, 4) is 0 Å². The Kier molecular flexibility index (Phi) is 7.65. The molecule has 0 saturated carbocycles. The number of carbonyl (C=O) groups is 1. The monoisotopic (exact) mass is 347 g/mol. The van der Waals surface area contributed by atoms with Crippen molar-refractivity contribution in [2.45, 2.75) is 18.8 Å². The van der Waals surface area contributed by atoms with Crippen molar-refractivity contribution in [2.24, 2.45) is 5.73 Å². The Hall–Kier alpha value is -1.64. The number of halogens is 3. The number of likely N-dealkylation sites (N-methyl/N-ethyl adjacent to an activating group) is 1. The van der Waals surface area contributed by atoms with Gasteiger partial charge in [-0.25, -0.2) is 0 Å². The van der Waals surface area contributed by atoms with E-state index >= 15 is 0 Å². The number of methoxy groups -OCH3 is 1. The average Bonchev–Trinajstić information content (AvgIpc) is 2.50. The topological polar surface area (TPSA) is 58.8 Å². The lowest BCUT2D eigenvalue weighted by Gasteiger charge is -2.27. The van der Waals surface area contributed by atoms with Crippen LogP contribution in [0.3, 0.4) is 0 Å². The lowest BCUT2D eigenvalue weighted by molar-refractivity contribution is -0.137. The minimum Gasteiger partial charge on any atom is -0.383 e. The van der Waals surface area contributed by atoms with Gasteiger partial charge in [0.15, 0.2) is 0 Å². The summed E-state index contributed by atoms with van der Waals surface area (Å²) < 4.78 is 43.4. The number of amides is 1. The van der Waals surface area contributed by atoms with E-state index in [-0.39, 0.29) is 19.1 Å². The van der Waals surface area contributed by atoms with Gasteiger partial charge < -0.3 is 20.3 Å². The number of rotatable bonds is 8. The summed E-state index contributed by atoms with van der Waals surface area (Å²) in [5.74, 6) is -0.351. The number of ether oxygens (including phenoxy) is 1. The van der Waals surface area contributed by atoms with Gasteiger partial charge in [0.05, 0.1) is 12.2 Å². The molecule has 1 atom stereocenters. The molecule has 0 aliphatic rings. The summed E-state index contributed by atoms with van der Waals surface area (Å²) in [6.45, 7) is 1.05. The quantitative estimate of drug-likeness (QED) is 0.776. The van der Waals surface area contributed by atoms with Crippen molar-refractivity contribution in [2.75, 3.05) is 40.9 Å². The Morgan fingerprint density at radius 3 is 2.50 bits per heavy atom. The first kappa shape index (κ1) is 20.4. The smallest absolute Gasteiger partial charge is 0.383 e. The average molecular weight is 347 g/mol. The molecule has 0 aromatic heterocycles. The third kappa shape index (κ3) is 6.46. The van der Waals surface area contributed by atoms with Crippen LogP contribution >= 0.6 is 0 Å². The number of alkyl halides is 3. The molecule has 1 aromatic carbocycles. The highest BCUT2D eigenvalue weighted by atomic mass is 19.4. The molecule has 0 aliphatic heterocycles. The second-order valence-electron chi connectivity index (χ2n) is 5.82. The summed E-state index contributed by atoms with van der Waals surface area (Å²) in [4.78, 5) is 15.8. The first-order chi connectivity index (χ1) is 11.1. The van der Waals surface area contributed by atoms with Gasteiger partial charge in [0.1, 0.15) is 6.04 Å². The van der Waals surface area contributed by atoms with Crippen molar-refractivity contribution in [1.29, 1.82) is 0 Å². The fourth-order valence-electron chi connectivity index (χ4n) is 2.14. The van der Waals surface area contributed by atoms with Gasteiger partial charge in [0.2, 0.25) is 5.91 Å². The van der Waals surface area contributed by atoms with Crippen LogP contribution in [0.25, 0.3) is 0 Å². The maximum Gasteiger partial charge on any atom is 0.416 e. The molecule has 0 heterocycles. The Labute approximate surface area is 140 Å². The lowest BCUT2D eigenvalue weighted by atomic mass is 10.1. The number of nitrogens with zero attached hydrogens (tertiary/aromatic N) is 2. The molecule has 136 valence electrons. The van der Waals surface area contributed by atoms with E-state index in [1.807, 2.05) is 19.0 Å². The van der Waals surface area contributed by atoms with Gasteiger partial charge in [-0.3, -0.25) is 4.79 Å². The number of hydrogen-bond donors (Lipinski definition) is 1. The Morgan fingerprint density at radius 1 is 1.29 bits per heavy atom. The van der Waals surface area contributed by atoms with Crippen LogP contribution in [0.2, 0.25) is 0 Å². The van der Waals surface area contributed by atoms with Crippen LogP contribution in [0.1, 0.15) is 11.1 Å². The number of nitrogens with two attached hydrogens (primary N) is 1. The van der Waals surface area contributed by atoms with E-state index in [0.717, 1.165) is 12.1 Å². The van der Waals surface area contributed by atoms with Crippen molar-refractivity contribution in [3.05, 3.63) is 35.4 Å². The van der Waals surface area contributed by atoms with Gasteiger partial charge in [-0.15, -0.1) is 0 Å². The number of carbonyl (C=O) groups excluding carboxylic acids is 1. The molecule has 1 amide bonds. The first-order valence-corrected chi connectivity index (χ1v) is 7.49. The molecular weight excluding hydrogens is 323 g/mol. The molecule has 2 N–H and O–H groups in total. The van der Waals surface area contributed by atoms with Crippen LogP contribution in [0, 0.1) is 0 Å². The van der Waals surface area contributed by atoms with E-state index in [2.05, 4.69) is 0 Å². The summed E-state index contributed by atoms with van der Waals surface area (Å²) >= 11 is 0. The molecule has 0 radical (unpaired) electrons. The minimum atomic E-state index is -4.42. The zero-order valence-corrected chi connectivity index (χ0v) is 14.1. The highest BCUT2D eigenvalue weighted by molar-refractivity contribution is 5.81. The molecule has 1 aromatic rings. The second kappa shape index (κ2) is 9.00. The van der Waals surface area contributed by atoms with E-state index in [4.69, 9.17) is 10.5 Å². The van der Waals surface area contributed by atoms with Crippen LogP contribution in [0.5, 0.6) is 0 Å². The van der Waals surface area contributed by atoms with Gasteiger partial charge in [-0.05, 0) is 31.8 Å². The second-order valence-corrected chi connectivity index (χ2v) is 5.82. The van der Waals surface area contributed by atoms with Gasteiger partial charge in [0, 0.05) is 26.7 Å². The van der Waals surface area contributed by atoms with E-state index in [1.165, 1.54) is 18.1 Å². The Bertz CT molecular complexity index is 536. The lowest BCUT2D eigenvalue weighted by Crippen LogP contribution is -2.47. The molecule has 0 spiro atoms. The number of hydrogen-bond acceptors (Lipinski definition) is 4. The van der Waals surface area contributed by atoms with Gasteiger partial charge in [-0.1, -0.05) is 12.1 Å². The molecule has 8 heteroatoms. The molecule has 5 nitrogen and oxygen atoms in total. The summed E-state index contributed by atoms with van der Waals surface area (Å²) in [5, 5.41) is 0. The van der Waals surface area contributed by atoms with E-state index in [1.54, 1.807) is 6.07 Å². The molecule has 0 saturated heterocycles. The van der Waals surface area contributed by atoms with Crippen LogP contribution in [-0.4, -0.2) is 62.7 Å². The van der Waals surface area contributed by atoms with Crippen LogP contribution < -0.4 is 5.73 Å². The van der Waals surface area contributed by atoms with Crippen LogP contribution in [-0.2, 0) is 22.3 Å². The zero-order valence-electron chi connectivity index (χ0n) is 14.1. The third-order valence-corrected chi connectivity index (χ3v) is 3.42. The predicted molar refractivity (Wildman–Crippen MR) is 85.3 cm³/mol. The Morgan fingerprint density at radius 2 is 1.96 bits per heavy atom. The zero-order chi connectivity index (χ0) is 18.3. The molecule has 1 unspecified atom stereocenters. The van der Waals surface area contributed by atoms with Crippen molar-refractivity contribution in [3.63, 3.8) is 0 Å². The van der Waals surface area contributed by atoms with Crippen LogP contribution in [0.4, 0.5) is 13.2 Å². The highest BCUT2D eigenvalue weighted by Gasteiger charge is 2.30. The van der Waals surface area contributed by atoms with Gasteiger partial charge in [0.25, 0.3) is 0 Å². The van der Waals surface area contributed by atoms with Crippen LogP contribution in [0.15, 0.2) is 24.3 Å². The predicted octanol–water partition coefficient (Wildman–Crippen LogP) is 1.57. The largest absolute Gasteiger partial charge is 0.416 e. The summed E-state index contributed by atoms with van der Waals surface area (Å²) in [6.07, 6.45) is -4.42. The summed E-state index contributed by atoms with van der Waals surface area (Å²) in [6, 6.07) is 4.11. The number of benzene rings is 1. The summed E-state index contributed by atoms with van der Waals surface area (Å²) in [7, 11) is 5.13. The molecular formula is C16H24F3N3O2. The third-order valence-electron chi connectivity index (χ3n) is 3.42. The molecule has 0 bridgehead atoms. The normalized spacial score (nSPS) is 13.2. The highest BCUT2D eigenvalue weighted by Crippen LogP contribution is 2.29. The Balaban J connectivity index is 2.93. The molecule has 0 aliphatic carbocycles. The fraction of sp³-hybridized carbons (Fsp3) is 0.562. The van der Waals surface area contributed by atoms with Crippen molar-refractivity contribution in [1.82, 2.24) is 9.80 Å². The molecule has 0 fully saturated rings. The van der Waals surface area contributed by atoms with Crippen molar-refractivity contribution >= 4 is 5.91 Å². The first-order valence-electron chi connectivity index (χ1n) is 7.49. The molecule has 24 heavy (non-hydrogen) atoms. The van der Waals surface area contributed by atoms with Crippen molar-refractivity contribution < 1.29 is 22.7 Å². The maximum atomic E-state index is 12.8.